The van der Waals surface area contributed by atoms with Gasteiger partial charge in [-0.05, 0) is 43.2 Å². The Morgan fingerprint density at radius 2 is 1.85 bits per heavy atom. The summed E-state index contributed by atoms with van der Waals surface area (Å²) in [5.74, 6) is 2.26. The summed E-state index contributed by atoms with van der Waals surface area (Å²) >= 11 is 0. The summed E-state index contributed by atoms with van der Waals surface area (Å²) in [6.07, 6.45) is 6.62. The van der Waals surface area contributed by atoms with Crippen LogP contribution in [0.4, 0.5) is 11.8 Å². The smallest absolute Gasteiger partial charge is 0.224 e. The van der Waals surface area contributed by atoms with Crippen LogP contribution in [0.15, 0.2) is 42.6 Å². The van der Waals surface area contributed by atoms with Crippen molar-refractivity contribution in [1.29, 1.82) is 0 Å². The van der Waals surface area contributed by atoms with E-state index in [0.717, 1.165) is 43.6 Å². The van der Waals surface area contributed by atoms with Crippen molar-refractivity contribution in [2.45, 2.75) is 38.1 Å². The van der Waals surface area contributed by atoms with E-state index in [0.29, 0.717) is 24.3 Å². The van der Waals surface area contributed by atoms with Gasteiger partial charge in [-0.1, -0.05) is 30.3 Å². The summed E-state index contributed by atoms with van der Waals surface area (Å²) < 4.78 is 0. The van der Waals surface area contributed by atoms with E-state index < -0.39 is 0 Å². The number of nitrogens with zero attached hydrogens (tertiary/aromatic N) is 3. The molecule has 1 aromatic heterocycles. The number of benzene rings is 1. The highest BCUT2D eigenvalue weighted by Crippen LogP contribution is 2.25. The molecule has 0 spiro atoms. The highest BCUT2D eigenvalue weighted by molar-refractivity contribution is 5.78. The van der Waals surface area contributed by atoms with E-state index in [9.17, 15) is 4.79 Å². The van der Waals surface area contributed by atoms with Gasteiger partial charge in [0.15, 0.2) is 0 Å². The predicted octanol–water partition coefficient (Wildman–Crippen LogP) is 2.87. The average Bonchev–Trinajstić information content (AvgIpc) is 2.68. The number of hydrogen-bond donors (Lipinski definition) is 2. The summed E-state index contributed by atoms with van der Waals surface area (Å²) in [6, 6.07) is 12.2. The van der Waals surface area contributed by atoms with Gasteiger partial charge in [0.1, 0.15) is 5.82 Å². The van der Waals surface area contributed by atoms with Crippen LogP contribution in [0.5, 0.6) is 0 Å². The van der Waals surface area contributed by atoms with Crippen LogP contribution in [0, 0.1) is 5.92 Å². The van der Waals surface area contributed by atoms with Crippen LogP contribution in [0.1, 0.15) is 31.2 Å². The molecule has 27 heavy (non-hydrogen) atoms. The van der Waals surface area contributed by atoms with Crippen LogP contribution in [0.3, 0.4) is 0 Å². The summed E-state index contributed by atoms with van der Waals surface area (Å²) in [5, 5.41) is 6.55. The molecular weight excluding hydrogens is 338 g/mol. The first kappa shape index (κ1) is 19.1. The van der Waals surface area contributed by atoms with Crippen LogP contribution in [0.25, 0.3) is 0 Å². The number of rotatable bonds is 7. The zero-order chi connectivity index (χ0) is 19.1. The molecule has 6 heteroatoms. The van der Waals surface area contributed by atoms with E-state index in [1.807, 2.05) is 55.4 Å². The lowest BCUT2D eigenvalue weighted by atomic mass is 9.86. The summed E-state index contributed by atoms with van der Waals surface area (Å²) in [5.41, 5.74) is 1.06. The van der Waals surface area contributed by atoms with Gasteiger partial charge in [0.2, 0.25) is 11.9 Å². The molecule has 2 aromatic rings. The second-order valence-corrected chi connectivity index (χ2v) is 7.46. The molecule has 2 N–H and O–H groups in total. The molecule has 0 atom stereocenters. The van der Waals surface area contributed by atoms with Crippen LogP contribution >= 0.6 is 0 Å². The predicted molar refractivity (Wildman–Crippen MR) is 109 cm³/mol. The minimum atomic E-state index is 0.107. The van der Waals surface area contributed by atoms with E-state index >= 15 is 0 Å². The lowest BCUT2D eigenvalue weighted by molar-refractivity contribution is -0.120. The number of hydrogen-bond acceptors (Lipinski definition) is 5. The number of carbonyl (C=O) groups is 1. The van der Waals surface area contributed by atoms with E-state index in [1.54, 1.807) is 6.20 Å². The molecule has 0 saturated heterocycles. The van der Waals surface area contributed by atoms with Crippen LogP contribution in [-0.4, -0.2) is 42.6 Å². The molecule has 0 bridgehead atoms. The Bertz CT molecular complexity index is 726. The molecule has 1 heterocycles. The molecular formula is C21H29N5O. The second-order valence-electron chi connectivity index (χ2n) is 7.46. The molecule has 0 unspecified atom stereocenters. The number of aromatic nitrogens is 2. The Hall–Kier alpha value is -2.63. The molecule has 1 aliphatic rings. The average molecular weight is 367 g/mol. The Labute approximate surface area is 161 Å². The molecule has 0 radical (unpaired) electrons. The van der Waals surface area contributed by atoms with Gasteiger partial charge in [-0.25, -0.2) is 4.98 Å². The van der Waals surface area contributed by atoms with Crippen molar-refractivity contribution in [2.24, 2.45) is 5.92 Å². The molecule has 1 saturated carbocycles. The van der Waals surface area contributed by atoms with E-state index in [4.69, 9.17) is 0 Å². The van der Waals surface area contributed by atoms with Crippen molar-refractivity contribution >= 4 is 17.7 Å². The molecule has 1 amide bonds. The zero-order valence-electron chi connectivity index (χ0n) is 16.2. The van der Waals surface area contributed by atoms with Gasteiger partial charge in [-0.15, -0.1) is 0 Å². The van der Waals surface area contributed by atoms with Gasteiger partial charge in [-0.2, -0.15) is 4.98 Å². The van der Waals surface area contributed by atoms with Crippen molar-refractivity contribution in [3.05, 3.63) is 48.2 Å². The SMILES string of the molecule is CN(C)c1ccnc(NC2CCC(CNC(=O)Cc3ccccc3)CC2)n1. The van der Waals surface area contributed by atoms with Gasteiger partial charge in [0.25, 0.3) is 0 Å². The maximum atomic E-state index is 12.1. The maximum absolute atomic E-state index is 12.1. The highest BCUT2D eigenvalue weighted by atomic mass is 16.1. The van der Waals surface area contributed by atoms with Crippen molar-refractivity contribution in [1.82, 2.24) is 15.3 Å². The first-order valence-electron chi connectivity index (χ1n) is 9.67. The first-order chi connectivity index (χ1) is 13.1. The van der Waals surface area contributed by atoms with Crippen LogP contribution in [-0.2, 0) is 11.2 Å². The quantitative estimate of drug-likeness (QED) is 0.787. The van der Waals surface area contributed by atoms with E-state index in [1.165, 1.54) is 0 Å². The van der Waals surface area contributed by atoms with Crippen molar-refractivity contribution < 1.29 is 4.79 Å². The third-order valence-electron chi connectivity index (χ3n) is 5.07. The monoisotopic (exact) mass is 367 g/mol. The number of amides is 1. The Kier molecular flexibility index (Phi) is 6.63. The Morgan fingerprint density at radius 1 is 1.11 bits per heavy atom. The van der Waals surface area contributed by atoms with E-state index in [2.05, 4.69) is 20.6 Å². The fourth-order valence-electron chi connectivity index (χ4n) is 3.46. The molecule has 1 aromatic carbocycles. The fourth-order valence-corrected chi connectivity index (χ4v) is 3.46. The molecule has 0 aliphatic heterocycles. The van der Waals surface area contributed by atoms with Crippen molar-refractivity contribution in [3.63, 3.8) is 0 Å². The standard InChI is InChI=1S/C21H29N5O/c1-26(2)19-12-13-22-21(25-19)24-18-10-8-17(9-11-18)15-23-20(27)14-16-6-4-3-5-7-16/h3-7,12-13,17-18H,8-11,14-15H2,1-2H3,(H,23,27)(H,22,24,25). The molecule has 6 nitrogen and oxygen atoms in total. The molecule has 144 valence electrons. The maximum Gasteiger partial charge on any atom is 0.224 e. The van der Waals surface area contributed by atoms with Gasteiger partial charge < -0.3 is 15.5 Å². The van der Waals surface area contributed by atoms with Crippen LogP contribution in [0.2, 0.25) is 0 Å². The number of anilines is 2. The lowest BCUT2D eigenvalue weighted by Crippen LogP contribution is -2.34. The zero-order valence-corrected chi connectivity index (χ0v) is 16.2. The third-order valence-corrected chi connectivity index (χ3v) is 5.07. The highest BCUT2D eigenvalue weighted by Gasteiger charge is 2.22. The summed E-state index contributed by atoms with van der Waals surface area (Å²) in [4.78, 5) is 22.9. The lowest BCUT2D eigenvalue weighted by Gasteiger charge is -2.29. The third kappa shape index (κ3) is 5.94. The normalized spacial score (nSPS) is 19.3. The Balaban J connectivity index is 1.39. The Morgan fingerprint density at radius 3 is 2.56 bits per heavy atom. The molecule has 1 fully saturated rings. The second kappa shape index (κ2) is 9.35. The van der Waals surface area contributed by atoms with Crippen molar-refractivity contribution in [2.75, 3.05) is 30.9 Å². The van der Waals surface area contributed by atoms with Crippen LogP contribution < -0.4 is 15.5 Å². The van der Waals surface area contributed by atoms with Gasteiger partial charge in [-0.3, -0.25) is 4.79 Å². The van der Waals surface area contributed by atoms with Gasteiger partial charge in [0.05, 0.1) is 6.42 Å². The number of nitrogens with one attached hydrogen (secondary N) is 2. The topological polar surface area (TPSA) is 70.2 Å². The summed E-state index contributed by atoms with van der Waals surface area (Å²) in [6.45, 7) is 0.769. The van der Waals surface area contributed by atoms with Gasteiger partial charge >= 0.3 is 0 Å². The molecule has 1 aliphatic carbocycles. The van der Waals surface area contributed by atoms with E-state index in [-0.39, 0.29) is 5.91 Å². The largest absolute Gasteiger partial charge is 0.363 e. The van der Waals surface area contributed by atoms with Crippen molar-refractivity contribution in [3.8, 4) is 0 Å². The minimum Gasteiger partial charge on any atom is -0.363 e. The first-order valence-corrected chi connectivity index (χ1v) is 9.67. The number of carbonyl (C=O) groups excluding carboxylic acids is 1. The summed E-state index contributed by atoms with van der Waals surface area (Å²) in [7, 11) is 3.95. The molecule has 3 rings (SSSR count). The fraction of sp³-hybridized carbons (Fsp3) is 0.476. The van der Waals surface area contributed by atoms with Gasteiger partial charge in [0, 0.05) is 32.9 Å². The minimum absolute atomic E-state index is 0.107.